The first kappa shape index (κ1) is 17.1. The molecule has 0 amide bonds. The van der Waals surface area contributed by atoms with Gasteiger partial charge in [0.2, 0.25) is 0 Å². The van der Waals surface area contributed by atoms with Crippen molar-refractivity contribution in [3.05, 3.63) is 0 Å². The number of epoxide rings is 1. The lowest BCUT2D eigenvalue weighted by atomic mass is 10.3. The van der Waals surface area contributed by atoms with Crippen molar-refractivity contribution in [3.8, 4) is 0 Å². The molecule has 0 aliphatic carbocycles. The van der Waals surface area contributed by atoms with Crippen molar-refractivity contribution in [1.82, 2.24) is 0 Å². The third-order valence-corrected chi connectivity index (χ3v) is 6.01. The molecule has 1 saturated heterocycles. The molecule has 1 heterocycles. The Kier molecular flexibility index (Phi) is 8.13. The summed E-state index contributed by atoms with van der Waals surface area (Å²) in [4.78, 5) is 0. The number of ether oxygens (including phenoxy) is 2. The van der Waals surface area contributed by atoms with E-state index in [1.807, 2.05) is 20.8 Å². The van der Waals surface area contributed by atoms with Crippen LogP contribution in [-0.2, 0) is 22.8 Å². The fraction of sp³-hybridized carbons (Fsp3) is 1.00. The Morgan fingerprint density at radius 3 is 2.05 bits per heavy atom. The number of rotatable bonds is 12. The maximum absolute atomic E-state index is 5.81. The second-order valence-corrected chi connectivity index (χ2v) is 7.35. The minimum absolute atomic E-state index is 0.178. The average molecular weight is 292 g/mol. The highest BCUT2D eigenvalue weighted by Gasteiger charge is 2.40. The third kappa shape index (κ3) is 6.83. The van der Waals surface area contributed by atoms with Crippen molar-refractivity contribution in [2.45, 2.75) is 52.4 Å². The number of hydrogen-bond donors (Lipinski definition) is 0. The van der Waals surface area contributed by atoms with E-state index in [0.717, 1.165) is 19.1 Å². The van der Waals surface area contributed by atoms with Crippen LogP contribution in [0.2, 0.25) is 6.04 Å². The molecule has 114 valence electrons. The standard InChI is InChI=1S/C13H28O5Si/c1-5-16-19(17-6-2,18-7-3)9-8-12(4)14-10-13-11-15-13/h12-13H,5-11H2,1-4H3. The van der Waals surface area contributed by atoms with Gasteiger partial charge in [0, 0.05) is 25.9 Å². The summed E-state index contributed by atoms with van der Waals surface area (Å²) in [6.45, 7) is 11.4. The summed E-state index contributed by atoms with van der Waals surface area (Å²) in [6.07, 6.45) is 1.38. The second kappa shape index (κ2) is 9.04. The zero-order chi connectivity index (χ0) is 14.1. The van der Waals surface area contributed by atoms with Gasteiger partial charge in [0.25, 0.3) is 0 Å². The monoisotopic (exact) mass is 292 g/mol. The van der Waals surface area contributed by atoms with E-state index < -0.39 is 8.80 Å². The molecule has 1 aliphatic rings. The zero-order valence-corrected chi connectivity index (χ0v) is 13.6. The first-order valence-corrected chi connectivity index (χ1v) is 9.24. The van der Waals surface area contributed by atoms with Gasteiger partial charge in [-0.15, -0.1) is 0 Å². The van der Waals surface area contributed by atoms with Gasteiger partial charge in [-0.25, -0.2) is 0 Å². The Bertz CT molecular complexity index is 218. The predicted octanol–water partition coefficient (Wildman–Crippen LogP) is 2.23. The maximum Gasteiger partial charge on any atom is 0.501 e. The summed E-state index contributed by atoms with van der Waals surface area (Å²) in [6, 6.07) is 0.801. The van der Waals surface area contributed by atoms with E-state index in [9.17, 15) is 0 Å². The van der Waals surface area contributed by atoms with Gasteiger partial charge in [0.05, 0.1) is 19.3 Å². The summed E-state index contributed by atoms with van der Waals surface area (Å²) in [5.41, 5.74) is 0. The van der Waals surface area contributed by atoms with Gasteiger partial charge in [-0.05, 0) is 34.1 Å². The third-order valence-electron chi connectivity index (χ3n) is 2.92. The molecular weight excluding hydrogens is 264 g/mol. The molecule has 1 aliphatic heterocycles. The molecule has 1 rings (SSSR count). The van der Waals surface area contributed by atoms with E-state index in [2.05, 4.69) is 6.92 Å². The van der Waals surface area contributed by atoms with Crippen LogP contribution >= 0.6 is 0 Å². The molecule has 2 atom stereocenters. The molecule has 0 spiro atoms. The van der Waals surface area contributed by atoms with E-state index in [1.54, 1.807) is 0 Å². The highest BCUT2D eigenvalue weighted by atomic mass is 28.4. The first-order chi connectivity index (χ1) is 9.15. The van der Waals surface area contributed by atoms with Crippen molar-refractivity contribution in [2.75, 3.05) is 33.0 Å². The van der Waals surface area contributed by atoms with Crippen molar-refractivity contribution >= 4 is 8.80 Å². The van der Waals surface area contributed by atoms with Crippen molar-refractivity contribution in [3.63, 3.8) is 0 Å². The van der Waals surface area contributed by atoms with Crippen LogP contribution in [0.5, 0.6) is 0 Å². The van der Waals surface area contributed by atoms with E-state index in [1.165, 1.54) is 0 Å². The fourth-order valence-corrected chi connectivity index (χ4v) is 4.66. The topological polar surface area (TPSA) is 49.5 Å². The molecule has 0 aromatic rings. The summed E-state index contributed by atoms with van der Waals surface area (Å²) < 4.78 is 28.3. The molecule has 5 nitrogen and oxygen atoms in total. The summed E-state index contributed by atoms with van der Waals surface area (Å²) in [7, 11) is -2.51. The van der Waals surface area contributed by atoms with E-state index in [4.69, 9.17) is 22.8 Å². The van der Waals surface area contributed by atoms with Gasteiger partial charge in [-0.3, -0.25) is 0 Å². The summed E-state index contributed by atoms with van der Waals surface area (Å²) in [5.74, 6) is 0. The van der Waals surface area contributed by atoms with E-state index in [0.29, 0.717) is 32.5 Å². The van der Waals surface area contributed by atoms with E-state index >= 15 is 0 Å². The summed E-state index contributed by atoms with van der Waals surface area (Å²) >= 11 is 0. The fourth-order valence-electron chi connectivity index (χ4n) is 1.90. The minimum Gasteiger partial charge on any atom is -0.376 e. The van der Waals surface area contributed by atoms with Crippen LogP contribution in [0.15, 0.2) is 0 Å². The summed E-state index contributed by atoms with van der Waals surface area (Å²) in [5, 5.41) is 0. The maximum atomic E-state index is 5.81. The van der Waals surface area contributed by atoms with Crippen LogP contribution in [-0.4, -0.2) is 54.0 Å². The molecule has 19 heavy (non-hydrogen) atoms. The van der Waals surface area contributed by atoms with Crippen LogP contribution in [0.3, 0.4) is 0 Å². The van der Waals surface area contributed by atoms with Crippen LogP contribution in [0.4, 0.5) is 0 Å². The Balaban J connectivity index is 2.35. The van der Waals surface area contributed by atoms with Gasteiger partial charge < -0.3 is 22.8 Å². The SMILES string of the molecule is CCO[Si](CCC(C)OCC1CO1)(OCC)OCC. The molecule has 0 aromatic carbocycles. The Morgan fingerprint density at radius 1 is 1.11 bits per heavy atom. The van der Waals surface area contributed by atoms with Crippen molar-refractivity contribution in [1.29, 1.82) is 0 Å². The molecular formula is C13H28O5Si. The molecule has 6 heteroatoms. The molecule has 0 aromatic heterocycles. The van der Waals surface area contributed by atoms with Crippen LogP contribution in [0.1, 0.15) is 34.1 Å². The Labute approximate surface area is 117 Å². The normalized spacial score (nSPS) is 20.5. The molecule has 0 bridgehead atoms. The lowest BCUT2D eigenvalue weighted by Crippen LogP contribution is -2.46. The molecule has 2 unspecified atom stereocenters. The highest BCUT2D eigenvalue weighted by Crippen LogP contribution is 2.21. The lowest BCUT2D eigenvalue weighted by molar-refractivity contribution is 0.0386. The minimum atomic E-state index is -2.51. The van der Waals surface area contributed by atoms with Gasteiger partial charge in [-0.1, -0.05) is 0 Å². The smallest absolute Gasteiger partial charge is 0.376 e. The zero-order valence-electron chi connectivity index (χ0n) is 12.6. The molecule has 1 fully saturated rings. The van der Waals surface area contributed by atoms with Crippen LogP contribution in [0, 0.1) is 0 Å². The van der Waals surface area contributed by atoms with Crippen LogP contribution < -0.4 is 0 Å². The number of hydrogen-bond acceptors (Lipinski definition) is 5. The van der Waals surface area contributed by atoms with Gasteiger partial charge >= 0.3 is 8.80 Å². The van der Waals surface area contributed by atoms with Crippen LogP contribution in [0.25, 0.3) is 0 Å². The predicted molar refractivity (Wildman–Crippen MR) is 75.2 cm³/mol. The first-order valence-electron chi connectivity index (χ1n) is 7.30. The Morgan fingerprint density at radius 2 is 1.63 bits per heavy atom. The van der Waals surface area contributed by atoms with Gasteiger partial charge in [-0.2, -0.15) is 0 Å². The largest absolute Gasteiger partial charge is 0.501 e. The Hall–Kier alpha value is 0.0169. The van der Waals surface area contributed by atoms with Gasteiger partial charge in [0.1, 0.15) is 6.10 Å². The van der Waals surface area contributed by atoms with Crippen molar-refractivity contribution in [2.24, 2.45) is 0 Å². The van der Waals surface area contributed by atoms with E-state index in [-0.39, 0.29) is 6.10 Å². The lowest BCUT2D eigenvalue weighted by Gasteiger charge is -2.29. The quantitative estimate of drug-likeness (QED) is 0.408. The molecule has 0 N–H and O–H groups in total. The van der Waals surface area contributed by atoms with Crippen molar-refractivity contribution < 1.29 is 22.8 Å². The molecule has 0 saturated carbocycles. The van der Waals surface area contributed by atoms with Gasteiger partial charge in [0.15, 0.2) is 0 Å². The molecule has 0 radical (unpaired) electrons. The second-order valence-electron chi connectivity index (χ2n) is 4.62. The average Bonchev–Trinajstić information content (AvgIpc) is 3.19. The highest BCUT2D eigenvalue weighted by molar-refractivity contribution is 6.60.